The molecule has 1 aromatic carbocycles. The van der Waals surface area contributed by atoms with E-state index in [9.17, 15) is 9.90 Å². The van der Waals surface area contributed by atoms with Gasteiger partial charge < -0.3 is 20.9 Å². The van der Waals surface area contributed by atoms with Gasteiger partial charge in [-0.2, -0.15) is 0 Å². The first-order valence-corrected chi connectivity index (χ1v) is 7.36. The second-order valence-corrected chi connectivity index (χ2v) is 6.07. The first-order chi connectivity index (χ1) is 9.98. The third-order valence-electron chi connectivity index (χ3n) is 4.34. The smallest absolute Gasteiger partial charge is 0.252 e. The third kappa shape index (κ3) is 3.67. The molecule has 4 N–H and O–H groups in total. The highest BCUT2D eigenvalue weighted by molar-refractivity contribution is 5.96. The first kappa shape index (κ1) is 15.6. The number of carbonyl (C=O) groups excluding carboxylic acids is 1. The fourth-order valence-electron chi connectivity index (χ4n) is 2.82. The van der Waals surface area contributed by atoms with Gasteiger partial charge in [0, 0.05) is 17.3 Å². The van der Waals surface area contributed by atoms with E-state index in [2.05, 4.69) is 12.2 Å². The van der Waals surface area contributed by atoms with E-state index in [0.29, 0.717) is 22.9 Å². The number of anilines is 1. The topological polar surface area (TPSA) is 84.6 Å². The van der Waals surface area contributed by atoms with Gasteiger partial charge in [0.25, 0.3) is 5.91 Å². The zero-order valence-electron chi connectivity index (χ0n) is 12.7. The number of nitrogens with one attached hydrogen (secondary N) is 1. The highest BCUT2D eigenvalue weighted by Crippen LogP contribution is 2.32. The molecule has 21 heavy (non-hydrogen) atoms. The summed E-state index contributed by atoms with van der Waals surface area (Å²) in [4.78, 5) is 12.4. The van der Waals surface area contributed by atoms with Gasteiger partial charge in [0.05, 0.1) is 19.3 Å². The predicted molar refractivity (Wildman–Crippen MR) is 82.3 cm³/mol. The molecule has 0 saturated heterocycles. The minimum atomic E-state index is -0.512. The molecule has 2 rings (SSSR count). The summed E-state index contributed by atoms with van der Waals surface area (Å²) in [5, 5.41) is 12.7. The summed E-state index contributed by atoms with van der Waals surface area (Å²) in [6.07, 6.45) is 3.63. The maximum absolute atomic E-state index is 12.4. The highest BCUT2D eigenvalue weighted by atomic mass is 16.5. The molecule has 0 bridgehead atoms. The molecule has 0 atom stereocenters. The molecule has 0 aliphatic heterocycles. The molecule has 5 heteroatoms. The molecule has 1 saturated carbocycles. The average molecular weight is 292 g/mol. The lowest BCUT2D eigenvalue weighted by Crippen LogP contribution is -2.53. The number of aliphatic hydroxyl groups is 1. The molecule has 0 unspecified atom stereocenters. The molecule has 116 valence electrons. The Morgan fingerprint density at radius 2 is 2.10 bits per heavy atom. The maximum atomic E-state index is 12.4. The number of methoxy groups -OCH3 is 1. The summed E-state index contributed by atoms with van der Waals surface area (Å²) in [5.74, 6) is 0.980. The van der Waals surface area contributed by atoms with Gasteiger partial charge >= 0.3 is 0 Å². The van der Waals surface area contributed by atoms with Crippen LogP contribution in [0.1, 0.15) is 43.0 Å². The van der Waals surface area contributed by atoms with Crippen LogP contribution in [-0.2, 0) is 0 Å². The van der Waals surface area contributed by atoms with Crippen molar-refractivity contribution in [1.82, 2.24) is 5.32 Å². The number of ether oxygens (including phenoxy) is 1. The van der Waals surface area contributed by atoms with E-state index in [-0.39, 0.29) is 12.5 Å². The van der Waals surface area contributed by atoms with E-state index < -0.39 is 5.54 Å². The van der Waals surface area contributed by atoms with E-state index in [0.717, 1.165) is 25.7 Å². The summed E-state index contributed by atoms with van der Waals surface area (Å²) < 4.78 is 5.13. The molecule has 1 fully saturated rings. The zero-order valence-corrected chi connectivity index (χ0v) is 12.7. The maximum Gasteiger partial charge on any atom is 0.252 e. The lowest BCUT2D eigenvalue weighted by Gasteiger charge is -2.38. The minimum absolute atomic E-state index is 0.0368. The van der Waals surface area contributed by atoms with Crippen molar-refractivity contribution in [2.24, 2.45) is 5.92 Å². The number of amides is 1. The van der Waals surface area contributed by atoms with Crippen LogP contribution < -0.4 is 15.8 Å². The van der Waals surface area contributed by atoms with Gasteiger partial charge in [0.2, 0.25) is 0 Å². The Morgan fingerprint density at radius 1 is 1.43 bits per heavy atom. The lowest BCUT2D eigenvalue weighted by atomic mass is 9.77. The van der Waals surface area contributed by atoms with E-state index in [1.807, 2.05) is 0 Å². The fourth-order valence-corrected chi connectivity index (χ4v) is 2.82. The van der Waals surface area contributed by atoms with Crippen LogP contribution >= 0.6 is 0 Å². The van der Waals surface area contributed by atoms with Crippen molar-refractivity contribution < 1.29 is 14.6 Å². The molecule has 0 heterocycles. The van der Waals surface area contributed by atoms with Crippen molar-refractivity contribution in [3.05, 3.63) is 23.8 Å². The molecule has 0 aromatic heterocycles. The van der Waals surface area contributed by atoms with Crippen molar-refractivity contribution in [2.45, 2.75) is 38.1 Å². The highest BCUT2D eigenvalue weighted by Gasteiger charge is 2.35. The second kappa shape index (κ2) is 6.35. The van der Waals surface area contributed by atoms with Crippen LogP contribution in [0.4, 0.5) is 5.69 Å². The Balaban J connectivity index is 2.14. The molecular weight excluding hydrogens is 268 g/mol. The SMILES string of the molecule is COc1cc(N)cc(C(=O)NC2(CO)CCC(C)CC2)c1. The minimum Gasteiger partial charge on any atom is -0.497 e. The van der Waals surface area contributed by atoms with Crippen LogP contribution in [0.3, 0.4) is 0 Å². The molecule has 1 aliphatic rings. The third-order valence-corrected chi connectivity index (χ3v) is 4.34. The number of hydrogen-bond donors (Lipinski definition) is 3. The van der Waals surface area contributed by atoms with E-state index in [1.165, 1.54) is 7.11 Å². The van der Waals surface area contributed by atoms with E-state index >= 15 is 0 Å². The van der Waals surface area contributed by atoms with Crippen molar-refractivity contribution in [1.29, 1.82) is 0 Å². The summed E-state index contributed by atoms with van der Waals surface area (Å²) in [6.45, 7) is 2.16. The van der Waals surface area contributed by atoms with E-state index in [4.69, 9.17) is 10.5 Å². The molecule has 1 amide bonds. The summed E-state index contributed by atoms with van der Waals surface area (Å²) in [6, 6.07) is 4.94. The first-order valence-electron chi connectivity index (χ1n) is 7.36. The number of benzene rings is 1. The Kier molecular flexibility index (Phi) is 4.73. The number of hydrogen-bond acceptors (Lipinski definition) is 4. The van der Waals surface area contributed by atoms with Crippen LogP contribution in [0.15, 0.2) is 18.2 Å². The Labute approximate surface area is 125 Å². The van der Waals surface area contributed by atoms with Crippen LogP contribution in [-0.4, -0.2) is 30.3 Å². The van der Waals surface area contributed by atoms with Crippen LogP contribution in [0.2, 0.25) is 0 Å². The number of nitrogens with two attached hydrogens (primary N) is 1. The molecule has 1 aromatic rings. The number of aliphatic hydroxyl groups excluding tert-OH is 1. The number of nitrogen functional groups attached to an aromatic ring is 1. The second-order valence-electron chi connectivity index (χ2n) is 6.07. The number of rotatable bonds is 4. The van der Waals surface area contributed by atoms with Gasteiger partial charge in [-0.1, -0.05) is 6.92 Å². The summed E-state index contributed by atoms with van der Waals surface area (Å²) >= 11 is 0. The summed E-state index contributed by atoms with van der Waals surface area (Å²) in [7, 11) is 1.54. The lowest BCUT2D eigenvalue weighted by molar-refractivity contribution is 0.0717. The number of carbonyl (C=O) groups is 1. The largest absolute Gasteiger partial charge is 0.497 e. The average Bonchev–Trinajstić information content (AvgIpc) is 2.49. The van der Waals surface area contributed by atoms with Crippen molar-refractivity contribution in [3.8, 4) is 5.75 Å². The van der Waals surface area contributed by atoms with Gasteiger partial charge in [-0.15, -0.1) is 0 Å². The molecular formula is C16H24N2O3. The quantitative estimate of drug-likeness (QED) is 0.741. The molecule has 0 spiro atoms. The normalized spacial score (nSPS) is 25.4. The van der Waals surface area contributed by atoms with Gasteiger partial charge in [-0.25, -0.2) is 0 Å². The predicted octanol–water partition coefficient (Wildman–Crippen LogP) is 1.95. The van der Waals surface area contributed by atoms with Gasteiger partial charge in [0.15, 0.2) is 0 Å². The monoisotopic (exact) mass is 292 g/mol. The zero-order chi connectivity index (χ0) is 15.5. The molecule has 1 aliphatic carbocycles. The van der Waals surface area contributed by atoms with Crippen LogP contribution in [0.25, 0.3) is 0 Å². The van der Waals surface area contributed by atoms with Crippen molar-refractivity contribution in [2.75, 3.05) is 19.5 Å². The van der Waals surface area contributed by atoms with Crippen LogP contribution in [0.5, 0.6) is 5.75 Å². The molecule has 5 nitrogen and oxygen atoms in total. The fraction of sp³-hybridized carbons (Fsp3) is 0.562. The Hall–Kier alpha value is -1.75. The Morgan fingerprint density at radius 3 is 2.67 bits per heavy atom. The van der Waals surface area contributed by atoms with Gasteiger partial charge in [-0.3, -0.25) is 4.79 Å². The standard InChI is InChI=1S/C16H24N2O3/c1-11-3-5-16(10-19,6-4-11)18-15(20)12-7-13(17)9-14(8-12)21-2/h7-9,11,19H,3-6,10,17H2,1-2H3,(H,18,20). The van der Waals surface area contributed by atoms with Crippen LogP contribution in [0, 0.1) is 5.92 Å². The molecule has 0 radical (unpaired) electrons. The Bertz CT molecular complexity index is 508. The van der Waals surface area contributed by atoms with Crippen molar-refractivity contribution in [3.63, 3.8) is 0 Å². The van der Waals surface area contributed by atoms with Gasteiger partial charge in [-0.05, 0) is 43.7 Å². The van der Waals surface area contributed by atoms with E-state index in [1.54, 1.807) is 18.2 Å². The van der Waals surface area contributed by atoms with Crippen molar-refractivity contribution >= 4 is 11.6 Å². The summed E-state index contributed by atoms with van der Waals surface area (Å²) in [5.41, 5.74) is 6.21. The van der Waals surface area contributed by atoms with Gasteiger partial charge in [0.1, 0.15) is 5.75 Å².